The van der Waals surface area contributed by atoms with Crippen LogP contribution in [0.25, 0.3) is 0 Å². The van der Waals surface area contributed by atoms with Crippen molar-refractivity contribution in [1.29, 1.82) is 0 Å². The smallest absolute Gasteiger partial charge is 0.251 e. The van der Waals surface area contributed by atoms with E-state index in [1.807, 2.05) is 0 Å². The van der Waals surface area contributed by atoms with Gasteiger partial charge in [0.05, 0.1) is 0 Å². The predicted octanol–water partition coefficient (Wildman–Crippen LogP) is 0.263. The Hall–Kier alpha value is -1.38. The summed E-state index contributed by atoms with van der Waals surface area (Å²) in [7, 11) is 0. The van der Waals surface area contributed by atoms with Crippen LogP contribution in [0.3, 0.4) is 0 Å². The van der Waals surface area contributed by atoms with Crippen LogP contribution in [-0.4, -0.2) is 35.0 Å². The van der Waals surface area contributed by atoms with E-state index in [2.05, 4.69) is 0 Å². The zero-order chi connectivity index (χ0) is 10.4. The van der Waals surface area contributed by atoms with Crippen LogP contribution >= 0.6 is 0 Å². The molecule has 0 aliphatic carbocycles. The Bertz CT molecular complexity index is 290. The summed E-state index contributed by atoms with van der Waals surface area (Å²) >= 11 is 0. The van der Waals surface area contributed by atoms with Crippen LogP contribution in [0.15, 0.2) is 17.8 Å². The summed E-state index contributed by atoms with van der Waals surface area (Å²) in [6, 6.07) is 0. The molecule has 4 nitrogen and oxygen atoms in total. The second-order valence-electron chi connectivity index (χ2n) is 3.09. The molecule has 1 aliphatic rings. The van der Waals surface area contributed by atoms with Gasteiger partial charge < -0.3 is 5.11 Å². The number of aliphatic hydroxyl groups excluding tert-OH is 1. The first-order valence-corrected chi connectivity index (χ1v) is 4.65. The summed E-state index contributed by atoms with van der Waals surface area (Å²) < 4.78 is 0. The monoisotopic (exact) mass is 195 g/mol. The van der Waals surface area contributed by atoms with Crippen molar-refractivity contribution in [2.75, 3.05) is 13.2 Å². The van der Waals surface area contributed by atoms with Crippen molar-refractivity contribution in [2.24, 2.45) is 0 Å². The Morgan fingerprint density at radius 3 is 2.71 bits per heavy atom. The molecule has 0 radical (unpaired) electrons. The molecule has 4 heteroatoms. The molecule has 0 aromatic heterocycles. The van der Waals surface area contributed by atoms with Gasteiger partial charge in [0.25, 0.3) is 5.91 Å². The first-order chi connectivity index (χ1) is 6.79. The third-order valence-electron chi connectivity index (χ3n) is 2.09. The number of hydrogen-bond donors (Lipinski definition) is 1. The fourth-order valence-electron chi connectivity index (χ4n) is 1.33. The lowest BCUT2D eigenvalue weighted by atomic mass is 10.2. The lowest BCUT2D eigenvalue weighted by Crippen LogP contribution is -2.25. The molecule has 1 aliphatic heterocycles. The summed E-state index contributed by atoms with van der Waals surface area (Å²) in [5, 5.41) is 8.55. The molecule has 76 valence electrons. The summed E-state index contributed by atoms with van der Waals surface area (Å²) in [5.41, 5.74) is 0.305. The number of allylic oxidation sites excluding steroid dienone is 1. The topological polar surface area (TPSA) is 57.6 Å². The third-order valence-corrected chi connectivity index (χ3v) is 2.09. The zero-order valence-electron chi connectivity index (χ0n) is 7.90. The summed E-state index contributed by atoms with van der Waals surface area (Å²) in [6.45, 7) is 0.693. The Morgan fingerprint density at radius 1 is 1.29 bits per heavy atom. The van der Waals surface area contributed by atoms with E-state index < -0.39 is 0 Å². The standard InChI is InChI=1S/C10H13NO3/c12-7-3-1-2-6-11-9(8-13)4-5-10(11)14/h4-5,12H,1-3,6-7H2. The van der Waals surface area contributed by atoms with Gasteiger partial charge >= 0.3 is 0 Å². The number of amides is 1. The van der Waals surface area contributed by atoms with Gasteiger partial charge in [-0.15, -0.1) is 0 Å². The van der Waals surface area contributed by atoms with Gasteiger partial charge in [0.15, 0.2) is 5.94 Å². The molecule has 1 N–H and O–H groups in total. The number of carbonyl (C=O) groups is 1. The number of nitrogens with zero attached hydrogens (tertiary/aromatic N) is 1. The van der Waals surface area contributed by atoms with E-state index in [1.165, 1.54) is 17.1 Å². The molecule has 14 heavy (non-hydrogen) atoms. The average Bonchev–Trinajstić information content (AvgIpc) is 2.55. The van der Waals surface area contributed by atoms with Crippen LogP contribution in [0.1, 0.15) is 19.3 Å². The largest absolute Gasteiger partial charge is 0.396 e. The van der Waals surface area contributed by atoms with Crippen molar-refractivity contribution in [3.8, 4) is 0 Å². The molecule has 0 saturated heterocycles. The molecule has 0 aromatic rings. The van der Waals surface area contributed by atoms with Gasteiger partial charge in [-0.25, -0.2) is 4.79 Å². The normalized spacial score (nSPS) is 15.1. The minimum Gasteiger partial charge on any atom is -0.396 e. The fourth-order valence-corrected chi connectivity index (χ4v) is 1.33. The van der Waals surface area contributed by atoms with Gasteiger partial charge in [0.1, 0.15) is 5.70 Å². The molecule has 0 unspecified atom stereocenters. The lowest BCUT2D eigenvalue weighted by molar-refractivity contribution is -0.123. The van der Waals surface area contributed by atoms with Crippen LogP contribution in [0, 0.1) is 0 Å². The molecule has 0 aromatic carbocycles. The van der Waals surface area contributed by atoms with Crippen molar-refractivity contribution < 1.29 is 14.7 Å². The molecule has 0 saturated carbocycles. The van der Waals surface area contributed by atoms with E-state index in [0.717, 1.165) is 19.3 Å². The van der Waals surface area contributed by atoms with Gasteiger partial charge in [-0.1, -0.05) is 0 Å². The molecule has 1 heterocycles. The van der Waals surface area contributed by atoms with Crippen molar-refractivity contribution >= 4 is 11.8 Å². The van der Waals surface area contributed by atoms with E-state index in [0.29, 0.717) is 12.2 Å². The van der Waals surface area contributed by atoms with Crippen LogP contribution in [0.5, 0.6) is 0 Å². The SMILES string of the molecule is O=C=C1C=CC(=O)N1CCCCCO. The number of rotatable bonds is 5. The van der Waals surface area contributed by atoms with Gasteiger partial charge in [-0.3, -0.25) is 9.69 Å². The Balaban J connectivity index is 2.37. The highest BCUT2D eigenvalue weighted by molar-refractivity contribution is 5.95. The van der Waals surface area contributed by atoms with E-state index in [9.17, 15) is 9.59 Å². The molecular formula is C10H13NO3. The number of unbranched alkanes of at least 4 members (excludes halogenated alkanes) is 2. The molecule has 0 atom stereocenters. The van der Waals surface area contributed by atoms with E-state index in [4.69, 9.17) is 5.11 Å². The van der Waals surface area contributed by atoms with Crippen molar-refractivity contribution in [2.45, 2.75) is 19.3 Å². The average molecular weight is 195 g/mol. The van der Waals surface area contributed by atoms with Gasteiger partial charge in [-0.05, 0) is 25.3 Å². The second kappa shape index (κ2) is 5.37. The highest BCUT2D eigenvalue weighted by atomic mass is 16.2. The van der Waals surface area contributed by atoms with Crippen molar-refractivity contribution in [1.82, 2.24) is 4.90 Å². The lowest BCUT2D eigenvalue weighted by Gasteiger charge is -2.14. The van der Waals surface area contributed by atoms with Crippen LogP contribution in [0.4, 0.5) is 0 Å². The second-order valence-corrected chi connectivity index (χ2v) is 3.09. The number of aliphatic hydroxyl groups is 1. The van der Waals surface area contributed by atoms with Gasteiger partial charge in [0, 0.05) is 19.2 Å². The quantitative estimate of drug-likeness (QED) is 0.506. The maximum absolute atomic E-state index is 11.2. The first-order valence-electron chi connectivity index (χ1n) is 4.65. The maximum Gasteiger partial charge on any atom is 0.251 e. The molecular weight excluding hydrogens is 182 g/mol. The van der Waals surface area contributed by atoms with Crippen molar-refractivity contribution in [3.63, 3.8) is 0 Å². The molecule has 1 amide bonds. The third kappa shape index (κ3) is 2.55. The highest BCUT2D eigenvalue weighted by Crippen LogP contribution is 2.13. The zero-order valence-corrected chi connectivity index (χ0v) is 7.90. The summed E-state index contributed by atoms with van der Waals surface area (Å²) in [5.74, 6) is 1.56. The predicted molar refractivity (Wildman–Crippen MR) is 51.0 cm³/mol. The van der Waals surface area contributed by atoms with E-state index >= 15 is 0 Å². The van der Waals surface area contributed by atoms with Gasteiger partial charge in [-0.2, -0.15) is 0 Å². The number of carbonyl (C=O) groups excluding carboxylic acids is 2. The molecule has 0 spiro atoms. The van der Waals surface area contributed by atoms with Crippen LogP contribution in [0.2, 0.25) is 0 Å². The van der Waals surface area contributed by atoms with Gasteiger partial charge in [0.2, 0.25) is 0 Å². The fraction of sp³-hybridized carbons (Fsp3) is 0.500. The molecule has 0 bridgehead atoms. The molecule has 0 fully saturated rings. The first kappa shape index (κ1) is 10.7. The Morgan fingerprint density at radius 2 is 2.07 bits per heavy atom. The number of hydrogen-bond acceptors (Lipinski definition) is 3. The maximum atomic E-state index is 11.2. The minimum atomic E-state index is -0.160. The Kier molecular flexibility index (Phi) is 4.11. The molecule has 1 rings (SSSR count). The van der Waals surface area contributed by atoms with E-state index in [-0.39, 0.29) is 12.5 Å². The van der Waals surface area contributed by atoms with E-state index in [1.54, 1.807) is 5.94 Å². The summed E-state index contributed by atoms with van der Waals surface area (Å²) in [6.07, 6.45) is 5.22. The highest BCUT2D eigenvalue weighted by Gasteiger charge is 2.19. The van der Waals surface area contributed by atoms with Crippen molar-refractivity contribution in [3.05, 3.63) is 17.8 Å². The summed E-state index contributed by atoms with van der Waals surface area (Å²) in [4.78, 5) is 23.0. The van der Waals surface area contributed by atoms with Crippen LogP contribution < -0.4 is 0 Å². The minimum absolute atomic E-state index is 0.160. The van der Waals surface area contributed by atoms with Crippen LogP contribution in [-0.2, 0) is 9.59 Å². The Labute approximate surface area is 82.5 Å².